The number of anilines is 1. The van der Waals surface area contributed by atoms with Gasteiger partial charge in [0.2, 0.25) is 5.91 Å². The number of hydrogen-bond acceptors (Lipinski definition) is 3. The van der Waals surface area contributed by atoms with Gasteiger partial charge < -0.3 is 10.6 Å². The van der Waals surface area contributed by atoms with Crippen LogP contribution in [0.1, 0.15) is 43.5 Å². The maximum Gasteiger partial charge on any atom is 0.238 e. The Morgan fingerprint density at radius 3 is 2.19 bits per heavy atom. The molecule has 2 aromatic carbocycles. The van der Waals surface area contributed by atoms with E-state index in [0.717, 1.165) is 17.7 Å². The van der Waals surface area contributed by atoms with Crippen LogP contribution in [0.5, 0.6) is 0 Å². The molecule has 2 aromatic rings. The fourth-order valence-electron chi connectivity index (χ4n) is 2.90. The molecular weight excluding hydrogens is 322 g/mol. The molecule has 0 spiro atoms. The fraction of sp³-hybridized carbons (Fsp3) is 0.364. The predicted molar refractivity (Wildman–Crippen MR) is 106 cm³/mol. The lowest BCUT2D eigenvalue weighted by Crippen LogP contribution is -2.33. The second-order valence-corrected chi connectivity index (χ2v) is 6.78. The summed E-state index contributed by atoms with van der Waals surface area (Å²) >= 11 is 0. The summed E-state index contributed by atoms with van der Waals surface area (Å²) < 4.78 is 0. The Morgan fingerprint density at radius 1 is 1.04 bits per heavy atom. The molecule has 26 heavy (non-hydrogen) atoms. The van der Waals surface area contributed by atoms with Crippen molar-refractivity contribution in [3.63, 3.8) is 0 Å². The second-order valence-electron chi connectivity index (χ2n) is 6.78. The summed E-state index contributed by atoms with van der Waals surface area (Å²) in [5.74, 6) is 0.300. The van der Waals surface area contributed by atoms with Gasteiger partial charge in [-0.2, -0.15) is 5.26 Å². The maximum atomic E-state index is 12.3. The molecule has 4 heteroatoms. The van der Waals surface area contributed by atoms with Crippen molar-refractivity contribution in [2.45, 2.75) is 39.7 Å². The third kappa shape index (κ3) is 5.72. The topological polar surface area (TPSA) is 64.9 Å². The van der Waals surface area contributed by atoms with Crippen LogP contribution in [0.3, 0.4) is 0 Å². The lowest BCUT2D eigenvalue weighted by molar-refractivity contribution is -0.115. The molecule has 0 aliphatic rings. The van der Waals surface area contributed by atoms with Crippen molar-refractivity contribution in [2.75, 3.05) is 11.9 Å². The second kappa shape index (κ2) is 9.74. The van der Waals surface area contributed by atoms with Gasteiger partial charge in [-0.15, -0.1) is 0 Å². The van der Waals surface area contributed by atoms with Gasteiger partial charge in [0.05, 0.1) is 19.0 Å². The molecule has 4 nitrogen and oxygen atoms in total. The summed E-state index contributed by atoms with van der Waals surface area (Å²) in [5.41, 5.74) is 4.20. The normalized spacial score (nSPS) is 11.8. The number of nitriles is 1. The number of carbonyl (C=O) groups is 1. The fourth-order valence-corrected chi connectivity index (χ4v) is 2.90. The summed E-state index contributed by atoms with van der Waals surface area (Å²) in [6, 6.07) is 18.2. The standard InChI is InChI=1S/C22H27N3O/c1-4-17-5-9-19(10-6-17)22(16(2)3)24-15-21(26)25-20-11-7-18(8-12-20)13-14-23/h5-12,16,22,24H,4,13,15H2,1-3H3,(H,25,26)/t22-/m0/s1. The van der Waals surface area contributed by atoms with Gasteiger partial charge in [0, 0.05) is 11.7 Å². The zero-order valence-electron chi connectivity index (χ0n) is 15.8. The number of nitrogens with one attached hydrogen (secondary N) is 2. The first kappa shape index (κ1) is 19.7. The number of hydrogen-bond donors (Lipinski definition) is 2. The molecule has 0 saturated heterocycles. The first-order chi connectivity index (χ1) is 12.5. The van der Waals surface area contributed by atoms with E-state index in [4.69, 9.17) is 5.26 Å². The van der Waals surface area contributed by atoms with E-state index in [9.17, 15) is 4.79 Å². The van der Waals surface area contributed by atoms with E-state index < -0.39 is 0 Å². The Hall–Kier alpha value is -2.64. The molecule has 0 radical (unpaired) electrons. The summed E-state index contributed by atoms with van der Waals surface area (Å²) in [6.07, 6.45) is 1.40. The average Bonchev–Trinajstić information content (AvgIpc) is 2.64. The Morgan fingerprint density at radius 2 is 1.65 bits per heavy atom. The molecule has 0 fully saturated rings. The van der Waals surface area contributed by atoms with Crippen molar-refractivity contribution in [3.8, 4) is 6.07 Å². The van der Waals surface area contributed by atoms with E-state index in [-0.39, 0.29) is 18.5 Å². The molecule has 0 aliphatic carbocycles. The van der Waals surface area contributed by atoms with Crippen molar-refractivity contribution in [2.24, 2.45) is 5.92 Å². The van der Waals surface area contributed by atoms with Gasteiger partial charge in [-0.25, -0.2) is 0 Å². The molecule has 0 bridgehead atoms. The van der Waals surface area contributed by atoms with Gasteiger partial charge in [-0.3, -0.25) is 4.79 Å². The van der Waals surface area contributed by atoms with Crippen LogP contribution >= 0.6 is 0 Å². The maximum absolute atomic E-state index is 12.3. The van der Waals surface area contributed by atoms with Gasteiger partial charge in [0.25, 0.3) is 0 Å². The van der Waals surface area contributed by atoms with Crippen LogP contribution in [0, 0.1) is 17.2 Å². The Balaban J connectivity index is 1.93. The number of carbonyl (C=O) groups excluding carboxylic acids is 1. The molecule has 0 aliphatic heterocycles. The van der Waals surface area contributed by atoms with Crippen LogP contribution in [0.15, 0.2) is 48.5 Å². The van der Waals surface area contributed by atoms with Crippen LogP contribution in [-0.4, -0.2) is 12.5 Å². The minimum Gasteiger partial charge on any atom is -0.325 e. The highest BCUT2D eigenvalue weighted by molar-refractivity contribution is 5.92. The summed E-state index contributed by atoms with van der Waals surface area (Å²) in [5, 5.41) is 15.0. The summed E-state index contributed by atoms with van der Waals surface area (Å²) in [6.45, 7) is 6.69. The first-order valence-corrected chi connectivity index (χ1v) is 9.11. The van der Waals surface area contributed by atoms with Gasteiger partial charge in [0.1, 0.15) is 0 Å². The molecule has 2 N–H and O–H groups in total. The molecule has 0 saturated carbocycles. The van der Waals surface area contributed by atoms with E-state index in [0.29, 0.717) is 12.3 Å². The van der Waals surface area contributed by atoms with Crippen molar-refractivity contribution in [3.05, 3.63) is 65.2 Å². The van der Waals surface area contributed by atoms with Crippen molar-refractivity contribution in [1.82, 2.24) is 5.32 Å². The highest BCUT2D eigenvalue weighted by Gasteiger charge is 2.16. The Labute approximate surface area is 156 Å². The van der Waals surface area contributed by atoms with Crippen LogP contribution in [0.4, 0.5) is 5.69 Å². The number of nitrogens with zero attached hydrogens (tertiary/aromatic N) is 1. The molecule has 1 atom stereocenters. The van der Waals surface area contributed by atoms with Crippen LogP contribution in [0.2, 0.25) is 0 Å². The SMILES string of the molecule is CCc1ccc([C@@H](NCC(=O)Nc2ccc(CC#N)cc2)C(C)C)cc1. The van der Waals surface area contributed by atoms with Crippen LogP contribution < -0.4 is 10.6 Å². The van der Waals surface area contributed by atoms with Gasteiger partial charge in [0.15, 0.2) is 0 Å². The van der Waals surface area contributed by atoms with Gasteiger partial charge >= 0.3 is 0 Å². The predicted octanol–water partition coefficient (Wildman–Crippen LogP) is 4.24. The lowest BCUT2D eigenvalue weighted by atomic mass is 9.95. The number of aryl methyl sites for hydroxylation is 1. The molecule has 2 rings (SSSR count). The Bertz CT molecular complexity index is 742. The van der Waals surface area contributed by atoms with E-state index in [1.807, 2.05) is 24.3 Å². The molecular formula is C22H27N3O. The Kier molecular flexibility index (Phi) is 7.37. The van der Waals surface area contributed by atoms with E-state index in [2.05, 4.69) is 61.7 Å². The van der Waals surface area contributed by atoms with Crippen LogP contribution in [0.25, 0.3) is 0 Å². The zero-order valence-corrected chi connectivity index (χ0v) is 15.8. The summed E-state index contributed by atoms with van der Waals surface area (Å²) in [4.78, 5) is 12.3. The summed E-state index contributed by atoms with van der Waals surface area (Å²) in [7, 11) is 0. The highest BCUT2D eigenvalue weighted by atomic mass is 16.1. The highest BCUT2D eigenvalue weighted by Crippen LogP contribution is 2.22. The number of rotatable bonds is 8. The minimum atomic E-state index is -0.0751. The quantitative estimate of drug-likeness (QED) is 0.749. The van der Waals surface area contributed by atoms with Crippen LogP contribution in [-0.2, 0) is 17.6 Å². The first-order valence-electron chi connectivity index (χ1n) is 9.11. The molecule has 0 unspecified atom stereocenters. The monoisotopic (exact) mass is 349 g/mol. The molecule has 136 valence electrons. The zero-order chi connectivity index (χ0) is 18.9. The molecule has 1 amide bonds. The van der Waals surface area contributed by atoms with E-state index in [1.165, 1.54) is 11.1 Å². The van der Waals surface area contributed by atoms with Crippen molar-refractivity contribution in [1.29, 1.82) is 5.26 Å². The van der Waals surface area contributed by atoms with Gasteiger partial charge in [-0.05, 0) is 41.2 Å². The largest absolute Gasteiger partial charge is 0.325 e. The van der Waals surface area contributed by atoms with E-state index in [1.54, 1.807) is 0 Å². The molecule has 0 aromatic heterocycles. The minimum absolute atomic E-state index is 0.0751. The third-order valence-electron chi connectivity index (χ3n) is 4.42. The van der Waals surface area contributed by atoms with Gasteiger partial charge in [-0.1, -0.05) is 57.2 Å². The third-order valence-corrected chi connectivity index (χ3v) is 4.42. The van der Waals surface area contributed by atoms with Crippen molar-refractivity contribution >= 4 is 11.6 Å². The smallest absolute Gasteiger partial charge is 0.238 e. The number of amides is 1. The lowest BCUT2D eigenvalue weighted by Gasteiger charge is -2.23. The number of benzene rings is 2. The van der Waals surface area contributed by atoms with Crippen molar-refractivity contribution < 1.29 is 4.79 Å². The average molecular weight is 349 g/mol. The molecule has 0 heterocycles. The van der Waals surface area contributed by atoms with E-state index >= 15 is 0 Å².